The lowest BCUT2D eigenvalue weighted by molar-refractivity contribution is -0.147. The van der Waals surface area contributed by atoms with Crippen LogP contribution in [0.3, 0.4) is 0 Å². The van der Waals surface area contributed by atoms with Gasteiger partial charge >= 0.3 is 31.5 Å². The molecule has 0 aromatic carbocycles. The Morgan fingerprint density at radius 2 is 1.07 bits per heavy atom. The average molecular weight is 457 g/mol. The van der Waals surface area contributed by atoms with Gasteiger partial charge in [0.1, 0.15) is 18.4 Å². The van der Waals surface area contributed by atoms with E-state index in [1.54, 1.807) is 0 Å². The van der Waals surface area contributed by atoms with Gasteiger partial charge in [0.25, 0.3) is 0 Å². The molecule has 0 aromatic heterocycles. The Kier molecular flexibility index (Phi) is 11.7. The van der Waals surface area contributed by atoms with Gasteiger partial charge in [-0.3, -0.25) is 38.4 Å². The van der Waals surface area contributed by atoms with Crippen LogP contribution in [0.15, 0.2) is 0 Å². The van der Waals surface area contributed by atoms with Crippen LogP contribution in [0.2, 0.25) is 0 Å². The summed E-state index contributed by atoms with van der Waals surface area (Å²) >= 11 is 0. The summed E-state index contributed by atoms with van der Waals surface area (Å²) in [4.78, 5) is 66.2. The molecule has 0 aromatic rings. The molecule has 0 rings (SSSR count). The molecule has 0 aliphatic heterocycles. The molecule has 0 saturated carbocycles. The van der Waals surface area contributed by atoms with E-state index in [0.29, 0.717) is 0 Å². The Bertz CT molecular complexity index is 624. The molecule has 15 heteroatoms. The minimum Gasteiger partial charge on any atom is -0.480 e. The quantitative estimate of drug-likeness (QED) is 0.140. The third kappa shape index (κ3) is 11.8. The fourth-order valence-electron chi connectivity index (χ4n) is 2.53. The van der Waals surface area contributed by atoms with Crippen molar-refractivity contribution >= 4 is 31.5 Å². The average Bonchev–Trinajstić information content (AvgIpc) is 2.58. The Balaban J connectivity index is 5.31. The zero-order valence-electron chi connectivity index (χ0n) is 16.6. The predicted octanol–water partition coefficient (Wildman–Crippen LogP) is -1.86. The highest BCUT2D eigenvalue weighted by Crippen LogP contribution is 2.34. The molecule has 2 atom stereocenters. The van der Waals surface area contributed by atoms with Crippen molar-refractivity contribution in [3.05, 3.63) is 0 Å². The maximum absolute atomic E-state index is 11.4. The van der Waals surface area contributed by atoms with Crippen molar-refractivity contribution in [3.8, 4) is 0 Å². The van der Waals surface area contributed by atoms with Gasteiger partial charge in [-0.15, -0.1) is 0 Å². The number of carbonyl (C=O) groups is 4. The second kappa shape index (κ2) is 12.6. The number of carboxylic acid groups (broad SMARTS) is 4. The molecule has 0 spiro atoms. The van der Waals surface area contributed by atoms with Crippen LogP contribution in [0, 0.1) is 0 Å². The van der Waals surface area contributed by atoms with Gasteiger partial charge in [0.2, 0.25) is 0 Å². The van der Waals surface area contributed by atoms with Gasteiger partial charge in [-0.25, -0.2) is 0 Å². The van der Waals surface area contributed by atoms with E-state index in [2.05, 4.69) is 0 Å². The van der Waals surface area contributed by atoms with Crippen molar-refractivity contribution in [2.45, 2.75) is 25.9 Å². The topological polar surface area (TPSA) is 216 Å². The summed E-state index contributed by atoms with van der Waals surface area (Å²) in [5.74, 6) is -5.12. The number of aliphatic carboxylic acids is 4. The van der Waals surface area contributed by atoms with E-state index in [0.717, 1.165) is 9.80 Å². The summed E-state index contributed by atoms with van der Waals surface area (Å²) in [6.45, 7) is 0.706. The molecule has 6 N–H and O–H groups in total. The summed E-state index contributed by atoms with van der Waals surface area (Å²) in [5.41, 5.74) is 0. The van der Waals surface area contributed by atoms with E-state index in [1.807, 2.05) is 0 Å². The molecule has 30 heavy (non-hydrogen) atoms. The zero-order valence-corrected chi connectivity index (χ0v) is 17.5. The Hall–Kier alpha value is -2.09. The number of rotatable bonds is 16. The molecule has 174 valence electrons. The maximum atomic E-state index is 11.4. The van der Waals surface area contributed by atoms with Crippen molar-refractivity contribution in [1.82, 2.24) is 14.7 Å². The highest BCUT2D eigenvalue weighted by Gasteiger charge is 2.27. The Morgan fingerprint density at radius 1 is 0.733 bits per heavy atom. The lowest BCUT2D eigenvalue weighted by atomic mass is 10.2. The van der Waals surface area contributed by atoms with Crippen LogP contribution < -0.4 is 0 Å². The SMILES string of the molecule is CC(C(=O)O)N(CCN(CCN(CC(=O)O)C(C)C(=O)O)CP(=O)(O)O)CC(=O)O. The molecule has 0 saturated heterocycles. The van der Waals surface area contributed by atoms with Crippen LogP contribution in [0.25, 0.3) is 0 Å². The third-order valence-electron chi connectivity index (χ3n) is 4.28. The smallest absolute Gasteiger partial charge is 0.339 e. The van der Waals surface area contributed by atoms with Crippen molar-refractivity contribution < 1.29 is 54.0 Å². The molecule has 0 bridgehead atoms. The molecule has 0 heterocycles. The molecule has 0 aliphatic rings. The minimum absolute atomic E-state index is 0.141. The van der Waals surface area contributed by atoms with Gasteiger partial charge < -0.3 is 30.2 Å². The number of carboxylic acids is 4. The largest absolute Gasteiger partial charge is 0.480 e. The van der Waals surface area contributed by atoms with Crippen LogP contribution in [0.4, 0.5) is 0 Å². The van der Waals surface area contributed by atoms with E-state index in [-0.39, 0.29) is 26.2 Å². The lowest BCUT2D eigenvalue weighted by Crippen LogP contribution is -2.48. The molecular formula is C15H28N3O11P. The summed E-state index contributed by atoms with van der Waals surface area (Å²) in [6.07, 6.45) is -0.752. The van der Waals surface area contributed by atoms with E-state index >= 15 is 0 Å². The Labute approximate surface area is 172 Å². The second-order valence-electron chi connectivity index (χ2n) is 6.68. The molecule has 0 aliphatic carbocycles. The van der Waals surface area contributed by atoms with Crippen LogP contribution in [-0.4, -0.2) is 126 Å². The van der Waals surface area contributed by atoms with Gasteiger partial charge in [0.15, 0.2) is 0 Å². The number of nitrogens with zero attached hydrogens (tertiary/aromatic N) is 3. The second-order valence-corrected chi connectivity index (χ2v) is 8.29. The third-order valence-corrected chi connectivity index (χ3v) is 5.05. The van der Waals surface area contributed by atoms with Crippen LogP contribution in [0.5, 0.6) is 0 Å². The fourth-order valence-corrected chi connectivity index (χ4v) is 3.34. The summed E-state index contributed by atoms with van der Waals surface area (Å²) < 4.78 is 11.4. The molecule has 0 radical (unpaired) electrons. The van der Waals surface area contributed by atoms with E-state index in [4.69, 9.17) is 20.4 Å². The summed E-state index contributed by atoms with van der Waals surface area (Å²) in [7, 11) is -4.56. The minimum atomic E-state index is -4.56. The first-order chi connectivity index (χ1) is 13.6. The van der Waals surface area contributed by atoms with E-state index < -0.39 is 62.9 Å². The van der Waals surface area contributed by atoms with Gasteiger partial charge in [-0.05, 0) is 13.8 Å². The molecule has 14 nitrogen and oxygen atoms in total. The van der Waals surface area contributed by atoms with Gasteiger partial charge in [-0.1, -0.05) is 0 Å². The standard InChI is InChI=1S/C15H28N3O11P/c1-10(14(23)24)17(7-12(19)20)5-3-16(9-30(27,28)29)4-6-18(8-13(21)22)11(2)15(25)26/h10-11H,3-9H2,1-2H3,(H,19,20)(H,21,22)(H,23,24)(H,25,26)(H2,27,28,29). The van der Waals surface area contributed by atoms with Crippen LogP contribution in [0.1, 0.15) is 13.8 Å². The predicted molar refractivity (Wildman–Crippen MR) is 101 cm³/mol. The number of hydrogen-bond donors (Lipinski definition) is 6. The van der Waals surface area contributed by atoms with E-state index in [1.165, 1.54) is 18.7 Å². The first-order valence-electron chi connectivity index (χ1n) is 8.78. The lowest BCUT2D eigenvalue weighted by Gasteiger charge is -2.31. The highest BCUT2D eigenvalue weighted by molar-refractivity contribution is 7.51. The molecule has 0 fully saturated rings. The zero-order chi connectivity index (χ0) is 23.6. The summed E-state index contributed by atoms with van der Waals surface area (Å²) in [5, 5.41) is 36.1. The molecular weight excluding hydrogens is 429 g/mol. The maximum Gasteiger partial charge on any atom is 0.339 e. The van der Waals surface area contributed by atoms with E-state index in [9.17, 15) is 33.5 Å². The first kappa shape index (κ1) is 27.9. The van der Waals surface area contributed by atoms with Crippen molar-refractivity contribution in [3.63, 3.8) is 0 Å². The number of hydrogen-bond acceptors (Lipinski definition) is 8. The molecule has 0 amide bonds. The van der Waals surface area contributed by atoms with Crippen molar-refractivity contribution in [2.24, 2.45) is 0 Å². The monoisotopic (exact) mass is 457 g/mol. The van der Waals surface area contributed by atoms with Crippen molar-refractivity contribution in [1.29, 1.82) is 0 Å². The summed E-state index contributed by atoms with van der Waals surface area (Å²) in [6, 6.07) is -2.35. The van der Waals surface area contributed by atoms with Gasteiger partial charge in [0.05, 0.1) is 13.1 Å². The van der Waals surface area contributed by atoms with Crippen molar-refractivity contribution in [2.75, 3.05) is 45.6 Å². The van der Waals surface area contributed by atoms with Crippen LogP contribution >= 0.6 is 7.60 Å². The normalized spacial score (nSPS) is 14.1. The first-order valence-corrected chi connectivity index (χ1v) is 10.6. The molecule has 2 unspecified atom stereocenters. The van der Waals surface area contributed by atoms with Crippen LogP contribution in [-0.2, 0) is 23.7 Å². The Morgan fingerprint density at radius 3 is 1.30 bits per heavy atom. The van der Waals surface area contributed by atoms with Gasteiger partial charge in [-0.2, -0.15) is 0 Å². The van der Waals surface area contributed by atoms with Gasteiger partial charge in [0, 0.05) is 26.2 Å². The highest BCUT2D eigenvalue weighted by atomic mass is 31.2. The fraction of sp³-hybridized carbons (Fsp3) is 0.733.